The number of fused-ring (bicyclic) bond motifs is 1. The molecule has 1 aromatic heterocycles. The van der Waals surface area contributed by atoms with Crippen LogP contribution in [0.1, 0.15) is 22.6 Å². The molecule has 3 nitrogen and oxygen atoms in total. The molecule has 0 aliphatic carbocycles. The van der Waals surface area contributed by atoms with Crippen molar-refractivity contribution in [1.82, 2.24) is 10.3 Å². The summed E-state index contributed by atoms with van der Waals surface area (Å²) >= 11 is 0. The Labute approximate surface area is 125 Å². The lowest BCUT2D eigenvalue weighted by Gasteiger charge is -1.99. The van der Waals surface area contributed by atoms with Gasteiger partial charge in [-0.1, -0.05) is 35.9 Å². The van der Waals surface area contributed by atoms with Crippen LogP contribution in [-0.4, -0.2) is 12.0 Å². The lowest BCUT2D eigenvalue weighted by atomic mass is 10.1. The van der Waals surface area contributed by atoms with Crippen LogP contribution in [0.15, 0.2) is 46.9 Å². The lowest BCUT2D eigenvalue weighted by molar-refractivity contribution is 0.528. The third-order valence-corrected chi connectivity index (χ3v) is 3.63. The van der Waals surface area contributed by atoms with Gasteiger partial charge in [0.05, 0.1) is 0 Å². The first-order chi connectivity index (χ1) is 10.2. The van der Waals surface area contributed by atoms with Crippen molar-refractivity contribution in [2.75, 3.05) is 7.05 Å². The Morgan fingerprint density at radius 2 is 1.76 bits per heavy atom. The molecule has 2 aromatic carbocycles. The second kappa shape index (κ2) is 6.10. The minimum atomic E-state index is 0.812. The van der Waals surface area contributed by atoms with Crippen LogP contribution in [0, 0.1) is 6.92 Å². The van der Waals surface area contributed by atoms with Gasteiger partial charge < -0.3 is 9.73 Å². The van der Waals surface area contributed by atoms with E-state index in [1.54, 1.807) is 0 Å². The zero-order chi connectivity index (χ0) is 14.7. The maximum atomic E-state index is 5.82. The summed E-state index contributed by atoms with van der Waals surface area (Å²) in [5, 5.41) is 3.15. The number of aryl methyl sites for hydroxylation is 3. The van der Waals surface area contributed by atoms with Crippen LogP contribution in [0.4, 0.5) is 0 Å². The summed E-state index contributed by atoms with van der Waals surface area (Å²) < 4.78 is 5.82. The van der Waals surface area contributed by atoms with Gasteiger partial charge in [0.1, 0.15) is 5.52 Å². The first kappa shape index (κ1) is 13.8. The number of hydrogen-bond donors (Lipinski definition) is 1. The van der Waals surface area contributed by atoms with Crippen molar-refractivity contribution in [3.8, 4) is 0 Å². The molecule has 0 aliphatic rings. The van der Waals surface area contributed by atoms with E-state index in [9.17, 15) is 0 Å². The summed E-state index contributed by atoms with van der Waals surface area (Å²) in [6.07, 6.45) is 1.79. The van der Waals surface area contributed by atoms with Crippen LogP contribution >= 0.6 is 0 Å². The fraction of sp³-hybridized carbons (Fsp3) is 0.278. The summed E-state index contributed by atoms with van der Waals surface area (Å²) in [5.41, 5.74) is 5.65. The van der Waals surface area contributed by atoms with Gasteiger partial charge in [0.25, 0.3) is 0 Å². The molecule has 3 heteroatoms. The Morgan fingerprint density at radius 1 is 1.00 bits per heavy atom. The fourth-order valence-electron chi connectivity index (χ4n) is 2.45. The van der Waals surface area contributed by atoms with Gasteiger partial charge >= 0.3 is 0 Å². The molecule has 0 saturated heterocycles. The van der Waals surface area contributed by atoms with Crippen LogP contribution in [0.25, 0.3) is 11.1 Å². The van der Waals surface area contributed by atoms with Gasteiger partial charge in [-0.3, -0.25) is 0 Å². The number of aromatic nitrogens is 1. The average molecular weight is 280 g/mol. The van der Waals surface area contributed by atoms with Gasteiger partial charge in [0, 0.05) is 13.0 Å². The monoisotopic (exact) mass is 280 g/mol. The van der Waals surface area contributed by atoms with Gasteiger partial charge in [-0.15, -0.1) is 0 Å². The molecule has 0 fully saturated rings. The van der Waals surface area contributed by atoms with E-state index in [-0.39, 0.29) is 0 Å². The predicted molar refractivity (Wildman–Crippen MR) is 85.4 cm³/mol. The lowest BCUT2D eigenvalue weighted by Crippen LogP contribution is -2.04. The van der Waals surface area contributed by atoms with E-state index < -0.39 is 0 Å². The van der Waals surface area contributed by atoms with Crippen molar-refractivity contribution in [2.45, 2.75) is 26.3 Å². The Morgan fingerprint density at radius 3 is 2.52 bits per heavy atom. The molecule has 0 saturated carbocycles. The summed E-state index contributed by atoms with van der Waals surface area (Å²) in [5.74, 6) is 0.812. The molecule has 1 N–H and O–H groups in total. The van der Waals surface area contributed by atoms with E-state index >= 15 is 0 Å². The smallest absolute Gasteiger partial charge is 0.195 e. The summed E-state index contributed by atoms with van der Waals surface area (Å²) in [7, 11) is 1.94. The van der Waals surface area contributed by atoms with E-state index in [0.717, 1.165) is 36.4 Å². The van der Waals surface area contributed by atoms with Crippen molar-refractivity contribution >= 4 is 11.1 Å². The zero-order valence-corrected chi connectivity index (χ0v) is 12.5. The van der Waals surface area contributed by atoms with Crippen molar-refractivity contribution in [3.05, 3.63) is 65.0 Å². The zero-order valence-electron chi connectivity index (χ0n) is 12.5. The molecule has 3 rings (SSSR count). The van der Waals surface area contributed by atoms with Crippen molar-refractivity contribution in [3.63, 3.8) is 0 Å². The highest BCUT2D eigenvalue weighted by Gasteiger charge is 2.06. The normalized spacial score (nSPS) is 11.1. The Bertz CT molecular complexity index is 729. The van der Waals surface area contributed by atoms with Crippen molar-refractivity contribution in [1.29, 1.82) is 0 Å². The SMILES string of the molecule is CNCc1ccc2oc(CCc3ccc(C)cc3)nc2c1. The minimum Gasteiger partial charge on any atom is -0.441 e. The van der Waals surface area contributed by atoms with Gasteiger partial charge in [0.15, 0.2) is 11.5 Å². The van der Waals surface area contributed by atoms with Gasteiger partial charge in [-0.05, 0) is 43.7 Å². The third-order valence-electron chi connectivity index (χ3n) is 3.63. The largest absolute Gasteiger partial charge is 0.441 e. The molecule has 0 aliphatic heterocycles. The topological polar surface area (TPSA) is 38.1 Å². The predicted octanol–water partition coefficient (Wildman–Crippen LogP) is 3.64. The maximum absolute atomic E-state index is 5.82. The molecular formula is C18H20N2O. The highest BCUT2D eigenvalue weighted by Crippen LogP contribution is 2.18. The van der Waals surface area contributed by atoms with Crippen molar-refractivity contribution in [2.24, 2.45) is 0 Å². The summed E-state index contributed by atoms with van der Waals surface area (Å²) in [6, 6.07) is 14.8. The third kappa shape index (κ3) is 3.31. The molecule has 0 bridgehead atoms. The number of nitrogens with zero attached hydrogens (tertiary/aromatic N) is 1. The molecule has 0 spiro atoms. The van der Waals surface area contributed by atoms with Crippen LogP contribution in [0.5, 0.6) is 0 Å². The second-order valence-corrected chi connectivity index (χ2v) is 5.43. The molecule has 0 radical (unpaired) electrons. The molecule has 0 amide bonds. The van der Waals surface area contributed by atoms with Gasteiger partial charge in [0.2, 0.25) is 0 Å². The Balaban J connectivity index is 1.73. The van der Waals surface area contributed by atoms with E-state index in [2.05, 4.69) is 53.6 Å². The fourth-order valence-corrected chi connectivity index (χ4v) is 2.45. The van der Waals surface area contributed by atoms with E-state index in [4.69, 9.17) is 4.42 Å². The van der Waals surface area contributed by atoms with Crippen LogP contribution in [-0.2, 0) is 19.4 Å². The van der Waals surface area contributed by atoms with E-state index in [1.165, 1.54) is 16.7 Å². The number of rotatable bonds is 5. The molecule has 1 heterocycles. The molecule has 108 valence electrons. The molecular weight excluding hydrogens is 260 g/mol. The van der Waals surface area contributed by atoms with Crippen LogP contribution in [0.3, 0.4) is 0 Å². The summed E-state index contributed by atoms with van der Waals surface area (Å²) in [4.78, 5) is 4.59. The highest BCUT2D eigenvalue weighted by molar-refractivity contribution is 5.73. The quantitative estimate of drug-likeness (QED) is 0.775. The number of hydrogen-bond acceptors (Lipinski definition) is 3. The minimum absolute atomic E-state index is 0.812. The molecule has 21 heavy (non-hydrogen) atoms. The van der Waals surface area contributed by atoms with Gasteiger partial charge in [-0.25, -0.2) is 4.98 Å². The van der Waals surface area contributed by atoms with E-state index in [0.29, 0.717) is 0 Å². The Hall–Kier alpha value is -2.13. The van der Waals surface area contributed by atoms with Crippen LogP contribution in [0.2, 0.25) is 0 Å². The standard InChI is InChI=1S/C18H20N2O/c1-13-3-5-14(6-4-13)8-10-18-20-16-11-15(12-19-2)7-9-17(16)21-18/h3-7,9,11,19H,8,10,12H2,1-2H3. The summed E-state index contributed by atoms with van der Waals surface area (Å²) in [6.45, 7) is 2.95. The molecule has 3 aromatic rings. The first-order valence-electron chi connectivity index (χ1n) is 7.33. The maximum Gasteiger partial charge on any atom is 0.195 e. The number of oxazole rings is 1. The molecule has 0 unspecified atom stereocenters. The van der Waals surface area contributed by atoms with Gasteiger partial charge in [-0.2, -0.15) is 0 Å². The van der Waals surface area contributed by atoms with Crippen LogP contribution < -0.4 is 5.32 Å². The molecule has 0 atom stereocenters. The van der Waals surface area contributed by atoms with E-state index in [1.807, 2.05) is 13.1 Å². The first-order valence-corrected chi connectivity index (χ1v) is 7.33. The number of nitrogens with one attached hydrogen (secondary N) is 1. The highest BCUT2D eigenvalue weighted by atomic mass is 16.3. The average Bonchev–Trinajstić information content (AvgIpc) is 2.89. The second-order valence-electron chi connectivity index (χ2n) is 5.43. The number of benzene rings is 2. The van der Waals surface area contributed by atoms with Crippen molar-refractivity contribution < 1.29 is 4.42 Å². The Kier molecular flexibility index (Phi) is 4.02.